The van der Waals surface area contributed by atoms with E-state index in [4.69, 9.17) is 11.3 Å². The summed E-state index contributed by atoms with van der Waals surface area (Å²) in [5, 5.41) is 21.6. The van der Waals surface area contributed by atoms with Crippen molar-refractivity contribution < 1.29 is 32.3 Å². The lowest BCUT2D eigenvalue weighted by Gasteiger charge is -2.32. The molecule has 164 valence electrons. The molecule has 0 amide bonds. The van der Waals surface area contributed by atoms with E-state index in [1.165, 1.54) is 24.3 Å². The number of hydrogen-bond acceptors (Lipinski definition) is 5. The Hall–Kier alpha value is -4.04. The average Bonchev–Trinajstić information content (AvgIpc) is 2.74. The molecule has 0 bridgehead atoms. The highest BCUT2D eigenvalue weighted by atomic mass is 19.3. The topological polar surface area (TPSA) is 89.8 Å². The zero-order valence-corrected chi connectivity index (χ0v) is 16.0. The van der Waals surface area contributed by atoms with Gasteiger partial charge in [0.1, 0.15) is 28.8 Å². The van der Waals surface area contributed by atoms with Crippen molar-refractivity contribution in [3.63, 3.8) is 0 Å². The maximum absolute atomic E-state index is 15.2. The number of nitro groups is 1. The molecule has 1 atom stereocenters. The molecule has 1 aromatic heterocycles. The van der Waals surface area contributed by atoms with Crippen LogP contribution in [0.2, 0.25) is 0 Å². The van der Waals surface area contributed by atoms with E-state index in [0.29, 0.717) is 17.8 Å². The summed E-state index contributed by atoms with van der Waals surface area (Å²) in [7, 11) is 0. The minimum absolute atomic E-state index is 0.0193. The lowest BCUT2D eigenvalue weighted by molar-refractivity contribution is -0.514. The van der Waals surface area contributed by atoms with Crippen LogP contribution in [0.25, 0.3) is 4.85 Å². The van der Waals surface area contributed by atoms with Gasteiger partial charge in [-0.3, -0.25) is 15.1 Å². The van der Waals surface area contributed by atoms with Gasteiger partial charge in [-0.1, -0.05) is 12.1 Å². The number of rotatable bonds is 7. The molecule has 7 nitrogen and oxygen atoms in total. The lowest BCUT2D eigenvalue weighted by atomic mass is 9.84. The Morgan fingerprint density at radius 3 is 2.28 bits per heavy atom. The summed E-state index contributed by atoms with van der Waals surface area (Å²) in [5.41, 5.74) is -5.54. The van der Waals surface area contributed by atoms with Gasteiger partial charge in [0.2, 0.25) is 12.1 Å². The van der Waals surface area contributed by atoms with Crippen LogP contribution in [0, 0.1) is 28.3 Å². The van der Waals surface area contributed by atoms with Gasteiger partial charge in [0.15, 0.2) is 5.69 Å². The van der Waals surface area contributed by atoms with E-state index in [1.807, 2.05) is 0 Å². The number of hydrogen-bond donors (Lipinski definition) is 1. The number of aliphatic hydroxyl groups is 1. The second-order valence-electron chi connectivity index (χ2n) is 6.64. The lowest BCUT2D eigenvalue weighted by Crippen LogP contribution is -2.49. The third kappa shape index (κ3) is 4.35. The monoisotopic (exact) mass is 447 g/mol. The van der Waals surface area contributed by atoms with E-state index >= 15 is 8.78 Å². The molecule has 0 radical (unpaired) electrons. The molecule has 0 saturated carbocycles. The molecule has 3 aromatic rings. The zero-order chi connectivity index (χ0) is 23.5. The Morgan fingerprint density at radius 1 is 1.09 bits per heavy atom. The van der Waals surface area contributed by atoms with Crippen molar-refractivity contribution in [3.8, 4) is 11.5 Å². The molecule has 1 heterocycles. The molecule has 0 spiro atoms. The first-order valence-corrected chi connectivity index (χ1v) is 8.86. The summed E-state index contributed by atoms with van der Waals surface area (Å²) in [6.45, 7) is 5.13. The number of pyridine rings is 1. The van der Waals surface area contributed by atoms with Gasteiger partial charge in [-0.2, -0.15) is 8.78 Å². The predicted octanol–water partition coefficient (Wildman–Crippen LogP) is 4.96. The predicted molar refractivity (Wildman–Crippen MR) is 103 cm³/mol. The first-order valence-electron chi connectivity index (χ1n) is 8.86. The highest BCUT2D eigenvalue weighted by molar-refractivity contribution is 5.47. The Bertz CT molecular complexity index is 1180. The van der Waals surface area contributed by atoms with Gasteiger partial charge in [0.25, 0.3) is 0 Å². The number of halogens is 4. The Labute approximate surface area is 178 Å². The SMILES string of the molecule is [C-]#[N+]c1ccc(Oc2ccc(C(F)(F)C(O)(C[N+](=O)[O-])c3ccc(F)cc3F)nc2)cc1. The van der Waals surface area contributed by atoms with Gasteiger partial charge in [-0.25, -0.2) is 13.6 Å². The Balaban J connectivity index is 1.95. The van der Waals surface area contributed by atoms with E-state index in [1.54, 1.807) is 0 Å². The standard InChI is InChI=1S/C21H13F4N3O4/c1-26-14-3-5-15(6-4-14)32-16-7-9-19(27-11-16)21(24,25)20(29,12-28(30)31)17-8-2-13(22)10-18(17)23/h2-11,29H,12H2. The quantitative estimate of drug-likeness (QED) is 0.239. The van der Waals surface area contributed by atoms with Crippen LogP contribution in [0.15, 0.2) is 60.8 Å². The van der Waals surface area contributed by atoms with Crippen LogP contribution in [0.1, 0.15) is 11.3 Å². The van der Waals surface area contributed by atoms with Crippen LogP contribution in [-0.4, -0.2) is 21.6 Å². The van der Waals surface area contributed by atoms with E-state index in [2.05, 4.69) is 9.83 Å². The number of alkyl halides is 2. The largest absolute Gasteiger partial charge is 0.456 e. The number of nitrogens with zero attached hydrogens (tertiary/aromatic N) is 3. The summed E-state index contributed by atoms with van der Waals surface area (Å²) in [6.07, 6.45) is 0.889. The molecule has 11 heteroatoms. The summed E-state index contributed by atoms with van der Waals surface area (Å²) in [6, 6.07) is 9.10. The van der Waals surface area contributed by atoms with Crippen molar-refractivity contribution in [2.45, 2.75) is 11.5 Å². The summed E-state index contributed by atoms with van der Waals surface area (Å²) >= 11 is 0. The van der Waals surface area contributed by atoms with Gasteiger partial charge < -0.3 is 9.84 Å². The molecular weight excluding hydrogens is 434 g/mol. The fourth-order valence-electron chi connectivity index (χ4n) is 2.93. The van der Waals surface area contributed by atoms with Crippen molar-refractivity contribution in [1.29, 1.82) is 0 Å². The van der Waals surface area contributed by atoms with Crippen LogP contribution in [0.3, 0.4) is 0 Å². The van der Waals surface area contributed by atoms with Gasteiger partial charge in [0.05, 0.1) is 12.8 Å². The second kappa shape index (κ2) is 8.60. The molecular formula is C21H13F4N3O4. The molecule has 3 rings (SSSR count). The van der Waals surface area contributed by atoms with Gasteiger partial charge in [-0.15, -0.1) is 0 Å². The number of ether oxygens (including phenoxy) is 1. The van der Waals surface area contributed by atoms with Crippen LogP contribution < -0.4 is 4.74 Å². The van der Waals surface area contributed by atoms with E-state index in [9.17, 15) is 24.0 Å². The minimum Gasteiger partial charge on any atom is -0.456 e. The van der Waals surface area contributed by atoms with E-state index < -0.39 is 45.9 Å². The van der Waals surface area contributed by atoms with Crippen LogP contribution in [0.5, 0.6) is 11.5 Å². The van der Waals surface area contributed by atoms with Crippen LogP contribution in [-0.2, 0) is 11.5 Å². The summed E-state index contributed by atoms with van der Waals surface area (Å²) in [5.74, 6) is -6.81. The molecule has 0 aliphatic carbocycles. The van der Waals surface area contributed by atoms with Crippen LogP contribution in [0.4, 0.5) is 23.2 Å². The van der Waals surface area contributed by atoms with Crippen molar-refractivity contribution in [2.75, 3.05) is 6.54 Å². The zero-order valence-electron chi connectivity index (χ0n) is 16.0. The third-order valence-corrected chi connectivity index (χ3v) is 4.51. The Morgan fingerprint density at radius 2 is 1.75 bits per heavy atom. The first-order chi connectivity index (χ1) is 15.1. The fourth-order valence-corrected chi connectivity index (χ4v) is 2.93. The number of aromatic nitrogens is 1. The molecule has 0 aliphatic heterocycles. The fraction of sp³-hybridized carbons (Fsp3) is 0.143. The molecule has 0 fully saturated rings. The molecule has 0 saturated heterocycles. The normalized spacial score (nSPS) is 13.1. The summed E-state index contributed by atoms with van der Waals surface area (Å²) < 4.78 is 63.3. The highest BCUT2D eigenvalue weighted by Gasteiger charge is 2.60. The van der Waals surface area contributed by atoms with E-state index in [0.717, 1.165) is 18.3 Å². The molecule has 2 aromatic carbocycles. The second-order valence-corrected chi connectivity index (χ2v) is 6.64. The smallest absolute Gasteiger partial charge is 0.328 e. The van der Waals surface area contributed by atoms with Crippen molar-refractivity contribution in [2.24, 2.45) is 0 Å². The van der Waals surface area contributed by atoms with Crippen molar-refractivity contribution >= 4 is 5.69 Å². The van der Waals surface area contributed by atoms with Crippen molar-refractivity contribution in [3.05, 3.63) is 105 Å². The maximum atomic E-state index is 15.2. The molecule has 1 N–H and O–H groups in total. The van der Waals surface area contributed by atoms with Gasteiger partial charge in [-0.05, 0) is 36.4 Å². The number of benzene rings is 2. The highest BCUT2D eigenvalue weighted by Crippen LogP contribution is 2.46. The van der Waals surface area contributed by atoms with Crippen molar-refractivity contribution in [1.82, 2.24) is 4.98 Å². The van der Waals surface area contributed by atoms with Gasteiger partial charge in [0, 0.05) is 16.6 Å². The molecule has 0 aliphatic rings. The first kappa shape index (κ1) is 22.6. The maximum Gasteiger partial charge on any atom is 0.328 e. The molecule has 32 heavy (non-hydrogen) atoms. The van der Waals surface area contributed by atoms with Crippen LogP contribution >= 0.6 is 0 Å². The third-order valence-electron chi connectivity index (χ3n) is 4.51. The molecule has 1 unspecified atom stereocenters. The summed E-state index contributed by atoms with van der Waals surface area (Å²) in [4.78, 5) is 16.5. The Kier molecular flexibility index (Phi) is 6.09. The van der Waals surface area contributed by atoms with E-state index in [-0.39, 0.29) is 17.6 Å². The average molecular weight is 447 g/mol. The minimum atomic E-state index is -4.44. The van der Waals surface area contributed by atoms with Gasteiger partial charge >= 0.3 is 5.92 Å².